The van der Waals surface area contributed by atoms with Gasteiger partial charge in [0.1, 0.15) is 0 Å². The average Bonchev–Trinajstić information content (AvgIpc) is 2.35. The number of carbonyl (C=O) groups is 1. The summed E-state index contributed by atoms with van der Waals surface area (Å²) in [6.45, 7) is 0. The Hall–Kier alpha value is -1.26. The van der Waals surface area contributed by atoms with Gasteiger partial charge in [0.05, 0.1) is 10.7 Å². The third kappa shape index (κ3) is 3.62. The van der Waals surface area contributed by atoms with Crippen molar-refractivity contribution in [3.05, 3.63) is 29.3 Å². The molecular weight excluding hydrogens is 250 g/mol. The molecule has 1 aromatic rings. The molecule has 1 aliphatic rings. The molecule has 1 aromatic carbocycles. The van der Waals surface area contributed by atoms with Crippen LogP contribution in [0, 0.1) is 0 Å². The van der Waals surface area contributed by atoms with E-state index >= 15 is 0 Å². The number of benzene rings is 1. The molecule has 0 aliphatic heterocycles. The number of amides is 2. The van der Waals surface area contributed by atoms with Crippen LogP contribution in [0.4, 0.5) is 10.5 Å². The normalized spacial score (nSPS) is 23.4. The van der Waals surface area contributed by atoms with Crippen molar-refractivity contribution in [3.8, 4) is 0 Å². The van der Waals surface area contributed by atoms with E-state index in [2.05, 4.69) is 10.6 Å². The summed E-state index contributed by atoms with van der Waals surface area (Å²) in [5.74, 6) is 0. The number of nitrogens with one attached hydrogen (secondary N) is 2. The van der Waals surface area contributed by atoms with Gasteiger partial charge in [-0.2, -0.15) is 0 Å². The van der Waals surface area contributed by atoms with Crippen molar-refractivity contribution in [1.82, 2.24) is 5.32 Å². The highest BCUT2D eigenvalue weighted by Crippen LogP contribution is 2.21. The first-order chi connectivity index (χ1) is 8.65. The molecule has 0 saturated heterocycles. The minimum Gasteiger partial charge on any atom is -0.335 e. The molecule has 5 heteroatoms. The number of hydrogen-bond donors (Lipinski definition) is 3. The van der Waals surface area contributed by atoms with Crippen molar-refractivity contribution in [2.75, 3.05) is 5.32 Å². The second-order valence-electron chi connectivity index (χ2n) is 4.69. The molecule has 1 saturated carbocycles. The molecule has 1 fully saturated rings. The Morgan fingerprint density at radius 1 is 1.22 bits per heavy atom. The van der Waals surface area contributed by atoms with Crippen LogP contribution < -0.4 is 16.4 Å². The Balaban J connectivity index is 1.84. The predicted octanol–water partition coefficient (Wildman–Crippen LogP) is 2.73. The molecule has 0 bridgehead atoms. The van der Waals surface area contributed by atoms with Gasteiger partial charge >= 0.3 is 6.03 Å². The number of rotatable bonds is 2. The minimum atomic E-state index is -0.205. The molecule has 4 N–H and O–H groups in total. The Bertz CT molecular complexity index is 416. The van der Waals surface area contributed by atoms with Crippen LogP contribution in [-0.2, 0) is 0 Å². The highest BCUT2D eigenvalue weighted by Gasteiger charge is 2.20. The van der Waals surface area contributed by atoms with Crippen LogP contribution >= 0.6 is 11.6 Å². The minimum absolute atomic E-state index is 0.205. The summed E-state index contributed by atoms with van der Waals surface area (Å²) in [6, 6.07) is 7.48. The topological polar surface area (TPSA) is 67.1 Å². The molecule has 0 unspecified atom stereocenters. The van der Waals surface area contributed by atoms with Crippen LogP contribution in [-0.4, -0.2) is 18.1 Å². The van der Waals surface area contributed by atoms with E-state index in [0.29, 0.717) is 10.7 Å². The monoisotopic (exact) mass is 267 g/mol. The smallest absolute Gasteiger partial charge is 0.319 e. The standard InChI is InChI=1S/C13H18ClN3O/c14-11-3-1-2-4-12(11)17-13(18)16-10-7-5-9(15)6-8-10/h1-4,9-10H,5-8,15H2,(H2,16,17,18). The van der Waals surface area contributed by atoms with E-state index in [-0.39, 0.29) is 18.1 Å². The third-order valence-electron chi connectivity index (χ3n) is 3.23. The van der Waals surface area contributed by atoms with E-state index in [4.69, 9.17) is 17.3 Å². The molecule has 1 aliphatic carbocycles. The molecular formula is C13H18ClN3O. The summed E-state index contributed by atoms with van der Waals surface area (Å²) in [6.07, 6.45) is 3.82. The van der Waals surface area contributed by atoms with E-state index in [9.17, 15) is 4.79 Å². The molecule has 0 spiro atoms. The van der Waals surface area contributed by atoms with Gasteiger partial charge in [0.2, 0.25) is 0 Å². The van der Waals surface area contributed by atoms with E-state index in [0.717, 1.165) is 25.7 Å². The summed E-state index contributed by atoms with van der Waals surface area (Å²) in [5, 5.41) is 6.25. The maximum absolute atomic E-state index is 11.8. The van der Waals surface area contributed by atoms with Gasteiger partial charge in [-0.25, -0.2) is 4.79 Å². The van der Waals surface area contributed by atoms with Crippen molar-refractivity contribution in [1.29, 1.82) is 0 Å². The molecule has 18 heavy (non-hydrogen) atoms. The van der Waals surface area contributed by atoms with E-state index in [1.165, 1.54) is 0 Å². The molecule has 98 valence electrons. The first kappa shape index (κ1) is 13.2. The SMILES string of the molecule is NC1CCC(NC(=O)Nc2ccccc2Cl)CC1. The highest BCUT2D eigenvalue weighted by molar-refractivity contribution is 6.33. The molecule has 0 atom stereocenters. The zero-order valence-electron chi connectivity index (χ0n) is 10.2. The van der Waals surface area contributed by atoms with E-state index in [1.807, 2.05) is 12.1 Å². The molecule has 0 aromatic heterocycles. The number of hydrogen-bond acceptors (Lipinski definition) is 2. The Labute approximate surface area is 112 Å². The summed E-state index contributed by atoms with van der Waals surface area (Å²) in [4.78, 5) is 11.8. The zero-order valence-corrected chi connectivity index (χ0v) is 10.9. The van der Waals surface area contributed by atoms with Crippen molar-refractivity contribution in [3.63, 3.8) is 0 Å². The predicted molar refractivity (Wildman–Crippen MR) is 73.8 cm³/mol. The summed E-state index contributed by atoms with van der Waals surface area (Å²) < 4.78 is 0. The maximum atomic E-state index is 11.8. The largest absolute Gasteiger partial charge is 0.335 e. The fourth-order valence-electron chi connectivity index (χ4n) is 2.17. The lowest BCUT2D eigenvalue weighted by Gasteiger charge is -2.26. The Kier molecular flexibility index (Phi) is 4.44. The number of urea groups is 1. The zero-order chi connectivity index (χ0) is 13.0. The first-order valence-corrected chi connectivity index (χ1v) is 6.60. The van der Waals surface area contributed by atoms with E-state index < -0.39 is 0 Å². The molecule has 2 rings (SSSR count). The van der Waals surface area contributed by atoms with E-state index in [1.54, 1.807) is 12.1 Å². The summed E-state index contributed by atoms with van der Waals surface area (Å²) in [7, 11) is 0. The van der Waals surface area contributed by atoms with Crippen molar-refractivity contribution >= 4 is 23.3 Å². The van der Waals surface area contributed by atoms with Gasteiger partial charge in [0.15, 0.2) is 0 Å². The van der Waals surface area contributed by atoms with Crippen molar-refractivity contribution < 1.29 is 4.79 Å². The van der Waals surface area contributed by atoms with Crippen molar-refractivity contribution in [2.45, 2.75) is 37.8 Å². The van der Waals surface area contributed by atoms with Crippen molar-refractivity contribution in [2.24, 2.45) is 5.73 Å². The van der Waals surface area contributed by atoms with Crippen LogP contribution in [0.2, 0.25) is 5.02 Å². The highest BCUT2D eigenvalue weighted by atomic mass is 35.5. The fourth-order valence-corrected chi connectivity index (χ4v) is 2.35. The lowest BCUT2D eigenvalue weighted by molar-refractivity contribution is 0.242. The van der Waals surface area contributed by atoms with Crippen LogP contribution in [0.1, 0.15) is 25.7 Å². The van der Waals surface area contributed by atoms with Crippen LogP contribution in [0.3, 0.4) is 0 Å². The molecule has 0 radical (unpaired) electrons. The number of carbonyl (C=O) groups excluding carboxylic acids is 1. The van der Waals surface area contributed by atoms with Crippen LogP contribution in [0.15, 0.2) is 24.3 Å². The maximum Gasteiger partial charge on any atom is 0.319 e. The quantitative estimate of drug-likeness (QED) is 0.771. The number of anilines is 1. The summed E-state index contributed by atoms with van der Waals surface area (Å²) in [5.41, 5.74) is 6.45. The Morgan fingerprint density at radius 2 is 1.89 bits per heavy atom. The molecule has 4 nitrogen and oxygen atoms in total. The number of para-hydroxylation sites is 1. The lowest BCUT2D eigenvalue weighted by atomic mass is 9.92. The van der Waals surface area contributed by atoms with Gasteiger partial charge in [-0.3, -0.25) is 0 Å². The van der Waals surface area contributed by atoms with Gasteiger partial charge in [0.25, 0.3) is 0 Å². The third-order valence-corrected chi connectivity index (χ3v) is 3.56. The van der Waals surface area contributed by atoms with Gasteiger partial charge in [0, 0.05) is 12.1 Å². The second kappa shape index (κ2) is 6.07. The van der Waals surface area contributed by atoms with Crippen LogP contribution in [0.5, 0.6) is 0 Å². The number of halogens is 1. The second-order valence-corrected chi connectivity index (χ2v) is 5.10. The average molecular weight is 268 g/mol. The number of nitrogens with two attached hydrogens (primary N) is 1. The Morgan fingerprint density at radius 3 is 2.56 bits per heavy atom. The molecule has 2 amide bonds. The van der Waals surface area contributed by atoms with Gasteiger partial charge in [-0.1, -0.05) is 23.7 Å². The lowest BCUT2D eigenvalue weighted by Crippen LogP contribution is -2.42. The molecule has 0 heterocycles. The van der Waals surface area contributed by atoms with Gasteiger partial charge in [-0.05, 0) is 37.8 Å². The van der Waals surface area contributed by atoms with Gasteiger partial charge in [-0.15, -0.1) is 0 Å². The fraction of sp³-hybridized carbons (Fsp3) is 0.462. The van der Waals surface area contributed by atoms with Crippen LogP contribution in [0.25, 0.3) is 0 Å². The first-order valence-electron chi connectivity index (χ1n) is 6.23. The van der Waals surface area contributed by atoms with Gasteiger partial charge < -0.3 is 16.4 Å². The summed E-state index contributed by atoms with van der Waals surface area (Å²) >= 11 is 5.97.